The standard InChI is InChI=1S/C15H18N2O4/c1-9-12-11(13(10(2)16-9)15(19)21-4)5-6-17(14(12)18)7-8-20-3/h5-6H,7-8H2,1-4H3. The maximum Gasteiger partial charge on any atom is 0.340 e. The van der Waals surface area contributed by atoms with E-state index in [2.05, 4.69) is 4.98 Å². The second-order valence-electron chi connectivity index (χ2n) is 4.74. The molecular weight excluding hydrogens is 272 g/mol. The lowest BCUT2D eigenvalue weighted by Gasteiger charge is -2.12. The van der Waals surface area contributed by atoms with E-state index in [1.165, 1.54) is 7.11 Å². The summed E-state index contributed by atoms with van der Waals surface area (Å²) in [7, 11) is 2.89. The van der Waals surface area contributed by atoms with Crippen LogP contribution in [0.15, 0.2) is 17.1 Å². The molecule has 112 valence electrons. The predicted molar refractivity (Wildman–Crippen MR) is 78.7 cm³/mol. The summed E-state index contributed by atoms with van der Waals surface area (Å²) < 4.78 is 11.3. The fraction of sp³-hybridized carbons (Fsp3) is 0.400. The molecule has 0 aromatic carbocycles. The third-order valence-corrected chi connectivity index (χ3v) is 3.42. The molecule has 2 heterocycles. The summed E-state index contributed by atoms with van der Waals surface area (Å²) in [4.78, 5) is 28.8. The van der Waals surface area contributed by atoms with Gasteiger partial charge in [-0.15, -0.1) is 0 Å². The van der Waals surface area contributed by atoms with Crippen LogP contribution in [-0.2, 0) is 16.0 Å². The molecule has 0 spiro atoms. The van der Waals surface area contributed by atoms with Crippen molar-refractivity contribution in [3.05, 3.63) is 39.6 Å². The first-order valence-corrected chi connectivity index (χ1v) is 6.58. The first-order chi connectivity index (χ1) is 10.0. The minimum atomic E-state index is -0.487. The number of methoxy groups -OCH3 is 2. The molecular formula is C15H18N2O4. The summed E-state index contributed by atoms with van der Waals surface area (Å²) in [5.74, 6) is -0.487. The molecule has 0 atom stereocenters. The van der Waals surface area contributed by atoms with Crippen molar-refractivity contribution in [1.29, 1.82) is 0 Å². The third-order valence-electron chi connectivity index (χ3n) is 3.42. The van der Waals surface area contributed by atoms with Gasteiger partial charge < -0.3 is 14.0 Å². The van der Waals surface area contributed by atoms with E-state index < -0.39 is 5.97 Å². The first-order valence-electron chi connectivity index (χ1n) is 6.58. The van der Waals surface area contributed by atoms with E-state index in [-0.39, 0.29) is 5.56 Å². The molecule has 0 saturated carbocycles. The van der Waals surface area contributed by atoms with E-state index in [1.807, 2.05) is 0 Å². The van der Waals surface area contributed by atoms with Crippen molar-refractivity contribution in [3.8, 4) is 0 Å². The van der Waals surface area contributed by atoms with Crippen LogP contribution < -0.4 is 5.56 Å². The lowest BCUT2D eigenvalue weighted by atomic mass is 10.0. The maximum absolute atomic E-state index is 12.5. The molecule has 0 aliphatic heterocycles. The number of fused-ring (bicyclic) bond motifs is 1. The zero-order valence-electron chi connectivity index (χ0n) is 12.6. The molecule has 2 aromatic heterocycles. The zero-order valence-corrected chi connectivity index (χ0v) is 12.6. The van der Waals surface area contributed by atoms with Crippen LogP contribution in [0, 0.1) is 13.8 Å². The Morgan fingerprint density at radius 1 is 1.29 bits per heavy atom. The van der Waals surface area contributed by atoms with Crippen molar-refractivity contribution in [2.24, 2.45) is 0 Å². The molecule has 6 heteroatoms. The number of aromatic nitrogens is 2. The van der Waals surface area contributed by atoms with E-state index >= 15 is 0 Å². The fourth-order valence-electron chi connectivity index (χ4n) is 2.42. The maximum atomic E-state index is 12.5. The van der Waals surface area contributed by atoms with Gasteiger partial charge in [0.15, 0.2) is 0 Å². The Morgan fingerprint density at radius 2 is 2.00 bits per heavy atom. The summed E-state index contributed by atoms with van der Waals surface area (Å²) in [6.45, 7) is 4.38. The lowest BCUT2D eigenvalue weighted by Crippen LogP contribution is -2.23. The van der Waals surface area contributed by atoms with Gasteiger partial charge in [-0.2, -0.15) is 0 Å². The molecule has 0 radical (unpaired) electrons. The molecule has 0 aliphatic carbocycles. The highest BCUT2D eigenvalue weighted by atomic mass is 16.5. The van der Waals surface area contributed by atoms with E-state index in [9.17, 15) is 9.59 Å². The van der Waals surface area contributed by atoms with Gasteiger partial charge in [-0.25, -0.2) is 4.79 Å². The molecule has 0 unspecified atom stereocenters. The summed E-state index contributed by atoms with van der Waals surface area (Å²) >= 11 is 0. The van der Waals surface area contributed by atoms with Crippen molar-refractivity contribution >= 4 is 16.7 Å². The highest BCUT2D eigenvalue weighted by Gasteiger charge is 2.19. The molecule has 2 rings (SSSR count). The molecule has 2 aromatic rings. The normalized spacial score (nSPS) is 10.9. The van der Waals surface area contributed by atoms with Gasteiger partial charge in [-0.05, 0) is 19.9 Å². The van der Waals surface area contributed by atoms with Gasteiger partial charge in [-0.1, -0.05) is 0 Å². The largest absolute Gasteiger partial charge is 0.465 e. The second-order valence-corrected chi connectivity index (χ2v) is 4.74. The Balaban J connectivity index is 2.77. The van der Waals surface area contributed by atoms with Crippen LogP contribution in [0.3, 0.4) is 0 Å². The van der Waals surface area contributed by atoms with Crippen LogP contribution in [-0.4, -0.2) is 36.3 Å². The Bertz CT molecular complexity index is 749. The van der Waals surface area contributed by atoms with Crippen molar-refractivity contribution in [2.45, 2.75) is 20.4 Å². The monoisotopic (exact) mass is 290 g/mol. The van der Waals surface area contributed by atoms with Gasteiger partial charge in [0.05, 0.1) is 36.1 Å². The molecule has 6 nitrogen and oxygen atoms in total. The number of pyridine rings is 2. The number of carbonyl (C=O) groups excluding carboxylic acids is 1. The van der Waals surface area contributed by atoms with Crippen LogP contribution in [0.4, 0.5) is 0 Å². The Kier molecular flexibility index (Phi) is 4.37. The molecule has 0 fully saturated rings. The van der Waals surface area contributed by atoms with Crippen molar-refractivity contribution < 1.29 is 14.3 Å². The van der Waals surface area contributed by atoms with Crippen molar-refractivity contribution in [3.63, 3.8) is 0 Å². The molecule has 21 heavy (non-hydrogen) atoms. The summed E-state index contributed by atoms with van der Waals surface area (Å²) in [6, 6.07) is 1.75. The lowest BCUT2D eigenvalue weighted by molar-refractivity contribution is 0.0601. The van der Waals surface area contributed by atoms with Crippen molar-refractivity contribution in [2.75, 3.05) is 20.8 Å². The van der Waals surface area contributed by atoms with Gasteiger partial charge in [0.1, 0.15) is 0 Å². The average molecular weight is 290 g/mol. The topological polar surface area (TPSA) is 70.4 Å². The molecule has 0 N–H and O–H groups in total. The van der Waals surface area contributed by atoms with E-state index in [1.54, 1.807) is 37.8 Å². The number of carbonyl (C=O) groups is 1. The average Bonchev–Trinajstić information content (AvgIpc) is 2.45. The highest BCUT2D eigenvalue weighted by molar-refractivity contribution is 6.05. The van der Waals surface area contributed by atoms with Crippen molar-refractivity contribution in [1.82, 2.24) is 9.55 Å². The number of aryl methyl sites for hydroxylation is 2. The van der Waals surface area contributed by atoms with Gasteiger partial charge in [0.2, 0.25) is 0 Å². The van der Waals surface area contributed by atoms with Crippen LogP contribution in [0.1, 0.15) is 21.7 Å². The first kappa shape index (κ1) is 15.2. The zero-order chi connectivity index (χ0) is 15.6. The minimum absolute atomic E-state index is 0.181. The van der Waals surface area contributed by atoms with Crippen LogP contribution in [0.5, 0.6) is 0 Å². The molecule has 0 bridgehead atoms. The number of nitrogens with zero attached hydrogens (tertiary/aromatic N) is 2. The van der Waals surface area contributed by atoms with Gasteiger partial charge in [-0.3, -0.25) is 9.78 Å². The summed E-state index contributed by atoms with van der Waals surface area (Å²) in [5.41, 5.74) is 1.32. The van der Waals surface area contributed by atoms with E-state index in [4.69, 9.17) is 9.47 Å². The predicted octanol–water partition coefficient (Wildman–Crippen LogP) is 1.45. The Morgan fingerprint density at radius 3 is 2.62 bits per heavy atom. The van der Waals surface area contributed by atoms with E-state index in [0.717, 1.165) is 0 Å². The Hall–Kier alpha value is -2.21. The second kappa shape index (κ2) is 6.05. The molecule has 0 aliphatic rings. The third kappa shape index (κ3) is 2.67. The van der Waals surface area contributed by atoms with Crippen LogP contribution in [0.25, 0.3) is 10.8 Å². The number of ether oxygens (including phenoxy) is 2. The quantitative estimate of drug-likeness (QED) is 0.797. The van der Waals surface area contributed by atoms with Crippen LogP contribution >= 0.6 is 0 Å². The molecule has 0 amide bonds. The molecule has 0 saturated heterocycles. The van der Waals surface area contributed by atoms with E-state index in [0.29, 0.717) is 40.9 Å². The van der Waals surface area contributed by atoms with Gasteiger partial charge in [0, 0.05) is 25.2 Å². The number of rotatable bonds is 4. The Labute approximate surface area is 122 Å². The number of hydrogen-bond donors (Lipinski definition) is 0. The van der Waals surface area contributed by atoms with Gasteiger partial charge in [0.25, 0.3) is 5.56 Å². The number of hydrogen-bond acceptors (Lipinski definition) is 5. The summed E-state index contributed by atoms with van der Waals surface area (Å²) in [5, 5.41) is 1.02. The smallest absolute Gasteiger partial charge is 0.340 e. The fourth-order valence-corrected chi connectivity index (χ4v) is 2.42. The van der Waals surface area contributed by atoms with Crippen LogP contribution in [0.2, 0.25) is 0 Å². The SMILES string of the molecule is COCCn1ccc2c(C(=O)OC)c(C)nc(C)c2c1=O. The number of esters is 1. The summed E-state index contributed by atoms with van der Waals surface area (Å²) in [6.07, 6.45) is 1.66. The highest BCUT2D eigenvalue weighted by Crippen LogP contribution is 2.21. The van der Waals surface area contributed by atoms with Gasteiger partial charge >= 0.3 is 5.97 Å². The minimum Gasteiger partial charge on any atom is -0.465 e.